The zero-order chi connectivity index (χ0) is 17.8. The van der Waals surface area contributed by atoms with Crippen molar-refractivity contribution in [2.24, 2.45) is 0 Å². The largest absolute Gasteiger partial charge is 0.383 e. The van der Waals surface area contributed by atoms with Crippen molar-refractivity contribution in [3.8, 4) is 5.69 Å². The highest BCUT2D eigenvalue weighted by Gasteiger charge is 2.23. The fraction of sp³-hybridized carbons (Fsp3) is 0.389. The minimum absolute atomic E-state index is 0.658. The summed E-state index contributed by atoms with van der Waals surface area (Å²) in [5.41, 5.74) is 5.10. The van der Waals surface area contributed by atoms with Crippen LogP contribution in [-0.2, 0) is 23.3 Å². The molecule has 2 heterocycles. The SMILES string of the molecule is COCCNc1nnc(SCc2nn(-c3ccccc3)c3c2CCC3)s1. The van der Waals surface area contributed by atoms with Crippen LogP contribution in [0.4, 0.5) is 5.13 Å². The van der Waals surface area contributed by atoms with E-state index in [1.807, 2.05) is 6.07 Å². The Labute approximate surface area is 161 Å². The molecule has 1 N–H and O–H groups in total. The van der Waals surface area contributed by atoms with Crippen molar-refractivity contribution in [2.75, 3.05) is 25.6 Å². The zero-order valence-corrected chi connectivity index (χ0v) is 16.3. The van der Waals surface area contributed by atoms with Crippen molar-refractivity contribution in [1.82, 2.24) is 20.0 Å². The molecule has 0 fully saturated rings. The van der Waals surface area contributed by atoms with Crippen molar-refractivity contribution in [3.05, 3.63) is 47.3 Å². The Balaban J connectivity index is 1.46. The molecule has 6 nitrogen and oxygen atoms in total. The lowest BCUT2D eigenvalue weighted by Gasteiger charge is -2.04. The number of aromatic nitrogens is 4. The van der Waals surface area contributed by atoms with Crippen molar-refractivity contribution >= 4 is 28.2 Å². The van der Waals surface area contributed by atoms with Crippen molar-refractivity contribution in [3.63, 3.8) is 0 Å². The van der Waals surface area contributed by atoms with Gasteiger partial charge in [0.1, 0.15) is 0 Å². The number of nitrogens with one attached hydrogen (secondary N) is 1. The second kappa shape index (κ2) is 8.20. The number of anilines is 1. The Bertz CT molecular complexity index is 862. The Morgan fingerprint density at radius 1 is 1.23 bits per heavy atom. The Morgan fingerprint density at radius 3 is 2.96 bits per heavy atom. The average Bonchev–Trinajstić information content (AvgIpc) is 3.38. The number of thioether (sulfide) groups is 1. The van der Waals surface area contributed by atoms with Gasteiger partial charge in [-0.1, -0.05) is 41.3 Å². The summed E-state index contributed by atoms with van der Waals surface area (Å²) in [5, 5.41) is 17.4. The van der Waals surface area contributed by atoms with Gasteiger partial charge in [0.2, 0.25) is 5.13 Å². The fourth-order valence-corrected chi connectivity index (χ4v) is 4.89. The summed E-state index contributed by atoms with van der Waals surface area (Å²) < 4.78 is 8.12. The molecule has 1 aliphatic carbocycles. The van der Waals surface area contributed by atoms with Crippen LogP contribution in [0.3, 0.4) is 0 Å². The molecule has 2 aromatic heterocycles. The molecule has 0 spiro atoms. The van der Waals surface area contributed by atoms with E-state index in [0.717, 1.165) is 40.3 Å². The Hall–Kier alpha value is -1.90. The molecule has 26 heavy (non-hydrogen) atoms. The van der Waals surface area contributed by atoms with Crippen molar-refractivity contribution in [2.45, 2.75) is 29.4 Å². The summed E-state index contributed by atoms with van der Waals surface area (Å²) in [6.45, 7) is 1.40. The summed E-state index contributed by atoms with van der Waals surface area (Å²) in [6.07, 6.45) is 3.44. The van der Waals surface area contributed by atoms with Gasteiger partial charge in [0.15, 0.2) is 4.34 Å². The van der Waals surface area contributed by atoms with E-state index in [9.17, 15) is 0 Å². The van der Waals surface area contributed by atoms with E-state index in [-0.39, 0.29) is 0 Å². The summed E-state index contributed by atoms with van der Waals surface area (Å²) in [7, 11) is 1.69. The molecule has 0 atom stereocenters. The van der Waals surface area contributed by atoms with Gasteiger partial charge >= 0.3 is 0 Å². The molecule has 4 rings (SSSR count). The maximum Gasteiger partial charge on any atom is 0.206 e. The minimum Gasteiger partial charge on any atom is -0.383 e. The first-order valence-corrected chi connectivity index (χ1v) is 10.5. The van der Waals surface area contributed by atoms with Crippen molar-refractivity contribution < 1.29 is 4.74 Å². The molecule has 1 aliphatic rings. The lowest BCUT2D eigenvalue weighted by molar-refractivity contribution is 0.211. The second-order valence-electron chi connectivity index (χ2n) is 6.05. The summed E-state index contributed by atoms with van der Waals surface area (Å²) in [5.74, 6) is 0.828. The van der Waals surface area contributed by atoms with Crippen LogP contribution in [0.1, 0.15) is 23.4 Å². The monoisotopic (exact) mass is 387 g/mol. The summed E-state index contributed by atoms with van der Waals surface area (Å²) in [4.78, 5) is 0. The van der Waals surface area contributed by atoms with Gasteiger partial charge in [0, 0.05) is 25.1 Å². The van der Waals surface area contributed by atoms with Gasteiger partial charge in [-0.05, 0) is 37.0 Å². The van der Waals surface area contributed by atoms with Crippen LogP contribution >= 0.6 is 23.1 Å². The summed E-state index contributed by atoms with van der Waals surface area (Å²) in [6, 6.07) is 10.4. The quantitative estimate of drug-likeness (QED) is 0.471. The summed E-state index contributed by atoms with van der Waals surface area (Å²) >= 11 is 3.28. The van der Waals surface area contributed by atoms with Gasteiger partial charge in [-0.2, -0.15) is 5.10 Å². The van der Waals surface area contributed by atoms with Gasteiger partial charge in [-0.15, -0.1) is 10.2 Å². The third-order valence-electron chi connectivity index (χ3n) is 4.34. The normalized spacial score (nSPS) is 13.1. The molecule has 0 saturated carbocycles. The van der Waals surface area contributed by atoms with Crippen LogP contribution in [0.15, 0.2) is 34.7 Å². The highest BCUT2D eigenvalue weighted by Crippen LogP contribution is 2.33. The molecule has 0 bridgehead atoms. The number of hydrogen-bond acceptors (Lipinski definition) is 7. The lowest BCUT2D eigenvalue weighted by Crippen LogP contribution is -2.06. The molecular formula is C18H21N5OS2. The van der Waals surface area contributed by atoms with Crippen LogP contribution in [0.5, 0.6) is 0 Å². The van der Waals surface area contributed by atoms with Crippen molar-refractivity contribution in [1.29, 1.82) is 0 Å². The predicted molar refractivity (Wildman–Crippen MR) is 105 cm³/mol. The van der Waals surface area contributed by atoms with Gasteiger partial charge in [0.05, 0.1) is 18.0 Å². The molecule has 0 aliphatic heterocycles. The Morgan fingerprint density at radius 2 is 2.12 bits per heavy atom. The molecule has 8 heteroatoms. The topological polar surface area (TPSA) is 64.9 Å². The number of benzene rings is 1. The number of ether oxygens (including phenoxy) is 1. The fourth-order valence-electron chi connectivity index (χ4n) is 3.14. The number of nitrogens with zero attached hydrogens (tertiary/aromatic N) is 4. The molecular weight excluding hydrogens is 366 g/mol. The van der Waals surface area contributed by atoms with E-state index in [1.54, 1.807) is 30.2 Å². The van der Waals surface area contributed by atoms with Crippen LogP contribution < -0.4 is 5.32 Å². The number of rotatable bonds is 8. The van der Waals surface area contributed by atoms with Gasteiger partial charge in [-0.3, -0.25) is 0 Å². The van der Waals surface area contributed by atoms with Crippen LogP contribution in [0.25, 0.3) is 5.69 Å². The molecule has 0 amide bonds. The smallest absolute Gasteiger partial charge is 0.206 e. The lowest BCUT2D eigenvalue weighted by atomic mass is 10.2. The minimum atomic E-state index is 0.658. The number of hydrogen-bond donors (Lipinski definition) is 1. The first kappa shape index (κ1) is 17.5. The van der Waals surface area contributed by atoms with E-state index >= 15 is 0 Å². The zero-order valence-electron chi connectivity index (χ0n) is 14.6. The predicted octanol–water partition coefficient (Wildman–Crippen LogP) is 3.56. The standard InChI is InChI=1S/C18H21N5OS2/c1-24-11-10-19-17-20-21-18(26-17)25-12-15-14-8-5-9-16(14)23(22-15)13-6-3-2-4-7-13/h2-4,6-7H,5,8-12H2,1H3,(H,19,20). The first-order chi connectivity index (χ1) is 12.8. The van der Waals surface area contributed by atoms with E-state index in [2.05, 4.69) is 44.5 Å². The third-order valence-corrected chi connectivity index (χ3v) is 6.36. The maximum atomic E-state index is 5.04. The molecule has 0 saturated heterocycles. The molecule has 0 radical (unpaired) electrons. The highest BCUT2D eigenvalue weighted by atomic mass is 32.2. The van der Waals surface area contributed by atoms with Crippen LogP contribution in [-0.4, -0.2) is 40.2 Å². The molecule has 1 aromatic carbocycles. The van der Waals surface area contributed by atoms with E-state index in [4.69, 9.17) is 9.84 Å². The number of para-hydroxylation sites is 1. The first-order valence-electron chi connectivity index (χ1n) is 8.69. The van der Waals surface area contributed by atoms with Crippen LogP contribution in [0, 0.1) is 0 Å². The highest BCUT2D eigenvalue weighted by molar-refractivity contribution is 8.00. The maximum absolute atomic E-state index is 5.04. The number of methoxy groups -OCH3 is 1. The molecule has 3 aromatic rings. The van der Waals surface area contributed by atoms with E-state index in [0.29, 0.717) is 6.61 Å². The van der Waals surface area contributed by atoms with E-state index < -0.39 is 0 Å². The van der Waals surface area contributed by atoms with Gasteiger partial charge in [0.25, 0.3) is 0 Å². The van der Waals surface area contributed by atoms with Crippen LogP contribution in [0.2, 0.25) is 0 Å². The van der Waals surface area contributed by atoms with Gasteiger partial charge < -0.3 is 10.1 Å². The average molecular weight is 388 g/mol. The molecule has 0 unspecified atom stereocenters. The number of fused-ring (bicyclic) bond motifs is 1. The second-order valence-corrected chi connectivity index (χ2v) is 8.25. The van der Waals surface area contributed by atoms with E-state index in [1.165, 1.54) is 23.4 Å². The Kier molecular flexibility index (Phi) is 5.52. The van der Waals surface area contributed by atoms with Gasteiger partial charge in [-0.25, -0.2) is 4.68 Å². The molecule has 136 valence electrons. The third kappa shape index (κ3) is 3.77.